The zero-order chi connectivity index (χ0) is 14.1. The van der Waals surface area contributed by atoms with Crippen molar-refractivity contribution in [2.24, 2.45) is 0 Å². The smallest absolute Gasteiger partial charge is 0.371 e. The summed E-state index contributed by atoms with van der Waals surface area (Å²) in [4.78, 5) is 15.0. The maximum Gasteiger partial charge on any atom is 0.371 e. The molecule has 20 heavy (non-hydrogen) atoms. The molecule has 3 heterocycles. The van der Waals surface area contributed by atoms with Gasteiger partial charge in [0.1, 0.15) is 5.65 Å². The van der Waals surface area contributed by atoms with Gasteiger partial charge in [0.2, 0.25) is 5.76 Å². The first-order chi connectivity index (χ1) is 9.63. The van der Waals surface area contributed by atoms with Crippen LogP contribution < -0.4 is 0 Å². The Labute approximate surface area is 116 Å². The van der Waals surface area contributed by atoms with Crippen LogP contribution in [0.3, 0.4) is 0 Å². The molecule has 0 aromatic carbocycles. The molecule has 0 fully saturated rings. The van der Waals surface area contributed by atoms with Crippen LogP contribution in [0.1, 0.15) is 16.2 Å². The first kappa shape index (κ1) is 12.6. The predicted molar refractivity (Wildman–Crippen MR) is 71.0 cm³/mol. The molecule has 0 saturated heterocycles. The summed E-state index contributed by atoms with van der Waals surface area (Å²) in [6, 6.07) is 8.30. The lowest BCUT2D eigenvalue weighted by Gasteiger charge is -1.94. The normalized spacial score (nSPS) is 12.6. The summed E-state index contributed by atoms with van der Waals surface area (Å²) in [6.07, 6.45) is 3.64. The predicted octanol–water partition coefficient (Wildman–Crippen LogP) is 1.93. The van der Waals surface area contributed by atoms with Crippen molar-refractivity contribution < 1.29 is 18.5 Å². The van der Waals surface area contributed by atoms with Gasteiger partial charge >= 0.3 is 5.97 Å². The van der Waals surface area contributed by atoms with Crippen molar-refractivity contribution in [3.63, 3.8) is 0 Å². The minimum absolute atomic E-state index is 0.138. The Bertz CT molecular complexity index is 772. The summed E-state index contributed by atoms with van der Waals surface area (Å²) in [6.45, 7) is 0. The fourth-order valence-electron chi connectivity index (χ4n) is 1.82. The van der Waals surface area contributed by atoms with Crippen molar-refractivity contribution in [1.82, 2.24) is 9.38 Å². The Hall–Kier alpha value is -2.41. The highest BCUT2D eigenvalue weighted by molar-refractivity contribution is 7.84. The van der Waals surface area contributed by atoms with E-state index < -0.39 is 16.8 Å². The highest BCUT2D eigenvalue weighted by Crippen LogP contribution is 2.16. The van der Waals surface area contributed by atoms with Crippen molar-refractivity contribution in [1.29, 1.82) is 0 Å². The van der Waals surface area contributed by atoms with Gasteiger partial charge < -0.3 is 13.9 Å². The number of nitrogens with zero attached hydrogens (tertiary/aromatic N) is 2. The molecule has 102 valence electrons. The standard InChI is InChI=1S/C13H10N2O4S/c16-13(17)10-4-5-12(19-10)20(18)8-9-7-15-6-2-1-3-11(15)14-9/h1-7H,8H2,(H,16,17). The van der Waals surface area contributed by atoms with Crippen LogP contribution in [0.2, 0.25) is 0 Å². The van der Waals surface area contributed by atoms with Crippen LogP contribution in [0.15, 0.2) is 52.2 Å². The second-order valence-corrected chi connectivity index (χ2v) is 5.49. The summed E-state index contributed by atoms with van der Waals surface area (Å²) in [5.74, 6) is -1.22. The number of pyridine rings is 1. The van der Waals surface area contributed by atoms with Gasteiger partial charge in [0.05, 0.1) is 22.2 Å². The maximum absolute atomic E-state index is 12.1. The van der Waals surface area contributed by atoms with Gasteiger partial charge in [-0.2, -0.15) is 0 Å². The van der Waals surface area contributed by atoms with E-state index in [4.69, 9.17) is 9.52 Å². The summed E-state index contributed by atoms with van der Waals surface area (Å²) in [5.41, 5.74) is 1.42. The number of hydrogen-bond donors (Lipinski definition) is 1. The number of imidazole rings is 1. The van der Waals surface area contributed by atoms with Crippen molar-refractivity contribution in [3.05, 3.63) is 54.2 Å². The van der Waals surface area contributed by atoms with Crippen LogP contribution in [0.4, 0.5) is 0 Å². The van der Waals surface area contributed by atoms with Crippen LogP contribution in [-0.4, -0.2) is 24.7 Å². The van der Waals surface area contributed by atoms with E-state index in [1.165, 1.54) is 12.1 Å². The summed E-state index contributed by atoms with van der Waals surface area (Å²) in [7, 11) is -1.46. The van der Waals surface area contributed by atoms with Crippen LogP contribution >= 0.6 is 0 Å². The molecule has 3 rings (SSSR count). The molecule has 0 aliphatic rings. The summed E-state index contributed by atoms with van der Waals surface area (Å²) >= 11 is 0. The van der Waals surface area contributed by atoms with Gasteiger partial charge in [-0.25, -0.2) is 9.78 Å². The molecule has 0 spiro atoms. The van der Waals surface area contributed by atoms with Crippen LogP contribution in [0.5, 0.6) is 0 Å². The molecule has 3 aromatic heterocycles. The minimum atomic E-state index is -1.46. The van der Waals surface area contributed by atoms with Gasteiger partial charge in [0.15, 0.2) is 5.09 Å². The number of hydrogen-bond acceptors (Lipinski definition) is 4. The molecule has 0 saturated carbocycles. The fourth-order valence-corrected chi connectivity index (χ4v) is 2.77. The van der Waals surface area contributed by atoms with Gasteiger partial charge in [-0.15, -0.1) is 0 Å². The van der Waals surface area contributed by atoms with E-state index in [9.17, 15) is 9.00 Å². The highest BCUT2D eigenvalue weighted by Gasteiger charge is 2.15. The fraction of sp³-hybridized carbons (Fsp3) is 0.0769. The Morgan fingerprint density at radius 1 is 1.35 bits per heavy atom. The molecule has 0 radical (unpaired) electrons. The molecule has 0 aliphatic heterocycles. The van der Waals surface area contributed by atoms with E-state index >= 15 is 0 Å². The molecule has 1 unspecified atom stereocenters. The van der Waals surface area contributed by atoms with E-state index in [0.29, 0.717) is 5.69 Å². The van der Waals surface area contributed by atoms with Crippen LogP contribution in [0.25, 0.3) is 5.65 Å². The van der Waals surface area contributed by atoms with Gasteiger partial charge in [-0.3, -0.25) is 4.21 Å². The minimum Gasteiger partial charge on any atom is -0.475 e. The van der Waals surface area contributed by atoms with Crippen LogP contribution in [0, 0.1) is 0 Å². The average molecular weight is 290 g/mol. The molecular weight excluding hydrogens is 280 g/mol. The average Bonchev–Trinajstić information content (AvgIpc) is 3.04. The third-order valence-corrected chi connectivity index (χ3v) is 3.94. The van der Waals surface area contributed by atoms with Crippen molar-refractivity contribution in [2.45, 2.75) is 10.8 Å². The number of carboxylic acid groups (broad SMARTS) is 1. The largest absolute Gasteiger partial charge is 0.475 e. The molecular formula is C13H10N2O4S. The zero-order valence-electron chi connectivity index (χ0n) is 10.2. The number of rotatable bonds is 4. The van der Waals surface area contributed by atoms with Gasteiger partial charge in [-0.1, -0.05) is 6.07 Å². The molecule has 0 bridgehead atoms. The lowest BCUT2D eigenvalue weighted by atomic mass is 10.5. The molecule has 1 N–H and O–H groups in total. The monoisotopic (exact) mass is 290 g/mol. The van der Waals surface area contributed by atoms with Crippen LogP contribution in [-0.2, 0) is 16.6 Å². The molecule has 0 amide bonds. The zero-order valence-corrected chi connectivity index (χ0v) is 11.0. The lowest BCUT2D eigenvalue weighted by molar-refractivity contribution is 0.0656. The Balaban J connectivity index is 1.82. The maximum atomic E-state index is 12.1. The van der Waals surface area contributed by atoms with E-state index in [1.807, 2.05) is 28.8 Å². The number of carboxylic acids is 1. The first-order valence-electron chi connectivity index (χ1n) is 5.77. The van der Waals surface area contributed by atoms with Crippen molar-refractivity contribution in [2.75, 3.05) is 0 Å². The number of aromatic nitrogens is 2. The molecule has 7 heteroatoms. The van der Waals surface area contributed by atoms with Gasteiger partial charge in [0.25, 0.3) is 0 Å². The molecule has 0 aliphatic carbocycles. The van der Waals surface area contributed by atoms with Gasteiger partial charge in [0, 0.05) is 12.4 Å². The number of carbonyl (C=O) groups is 1. The summed E-state index contributed by atoms with van der Waals surface area (Å²) < 4.78 is 19.0. The molecule has 1 atom stereocenters. The van der Waals surface area contributed by atoms with Crippen molar-refractivity contribution in [3.8, 4) is 0 Å². The third kappa shape index (κ3) is 2.35. The van der Waals surface area contributed by atoms with E-state index in [-0.39, 0.29) is 16.6 Å². The second-order valence-electron chi connectivity index (χ2n) is 4.11. The van der Waals surface area contributed by atoms with E-state index in [2.05, 4.69) is 4.98 Å². The number of furan rings is 1. The van der Waals surface area contributed by atoms with E-state index in [1.54, 1.807) is 6.20 Å². The Morgan fingerprint density at radius 3 is 2.90 bits per heavy atom. The lowest BCUT2D eigenvalue weighted by Crippen LogP contribution is -1.96. The van der Waals surface area contributed by atoms with Crippen molar-refractivity contribution >= 4 is 22.4 Å². The Kier molecular flexibility index (Phi) is 3.11. The van der Waals surface area contributed by atoms with Gasteiger partial charge in [-0.05, 0) is 24.3 Å². The summed E-state index contributed by atoms with van der Waals surface area (Å²) in [5, 5.41) is 8.89. The quantitative estimate of drug-likeness (QED) is 0.793. The Morgan fingerprint density at radius 2 is 2.20 bits per heavy atom. The number of fused-ring (bicyclic) bond motifs is 1. The van der Waals surface area contributed by atoms with E-state index in [0.717, 1.165) is 5.65 Å². The molecule has 6 nitrogen and oxygen atoms in total. The number of aromatic carboxylic acids is 1. The molecule has 3 aromatic rings. The second kappa shape index (κ2) is 4.93. The third-order valence-electron chi connectivity index (χ3n) is 2.71. The SMILES string of the molecule is O=C(O)c1ccc(S(=O)Cc2cn3ccccc3n2)o1. The first-order valence-corrected chi connectivity index (χ1v) is 7.09. The topological polar surface area (TPSA) is 84.8 Å². The highest BCUT2D eigenvalue weighted by atomic mass is 32.2.